The minimum atomic E-state index is -0.840. The van der Waals surface area contributed by atoms with Crippen LogP contribution in [0.4, 0.5) is 5.69 Å². The Morgan fingerprint density at radius 1 is 1.25 bits per heavy atom. The lowest BCUT2D eigenvalue weighted by atomic mass is 10.3. The number of benzene rings is 1. The Hall–Kier alpha value is -1.30. The fraction of sp³-hybridized carbons (Fsp3) is 0.385. The normalized spacial score (nSPS) is 9.95. The van der Waals surface area contributed by atoms with Gasteiger partial charge >= 0.3 is 5.97 Å². The molecule has 0 atom stereocenters. The summed E-state index contributed by atoms with van der Waals surface area (Å²) in [7, 11) is 1.78. The van der Waals surface area contributed by atoms with Gasteiger partial charge in [-0.15, -0.1) is 12.4 Å². The summed E-state index contributed by atoms with van der Waals surface area (Å²) in [6.07, 6.45) is 0.365. The third-order valence-electron chi connectivity index (χ3n) is 2.58. The van der Waals surface area contributed by atoms with Crippen molar-refractivity contribution < 1.29 is 14.7 Å². The Morgan fingerprint density at radius 2 is 1.85 bits per heavy atom. The lowest BCUT2D eigenvalue weighted by molar-refractivity contribution is -0.137. The number of hydrogen-bond acceptors (Lipinski definition) is 3. The molecule has 0 bridgehead atoms. The van der Waals surface area contributed by atoms with Crippen molar-refractivity contribution in [2.24, 2.45) is 0 Å². The van der Waals surface area contributed by atoms with Gasteiger partial charge in [0.25, 0.3) is 0 Å². The molecule has 0 spiro atoms. The van der Waals surface area contributed by atoms with Crippen molar-refractivity contribution in [2.75, 3.05) is 25.5 Å². The smallest absolute Gasteiger partial charge is 0.304 e. The number of anilines is 1. The van der Waals surface area contributed by atoms with Gasteiger partial charge in [-0.3, -0.25) is 9.59 Å². The summed E-state index contributed by atoms with van der Waals surface area (Å²) in [5, 5.41) is 11.8. The van der Waals surface area contributed by atoms with Gasteiger partial charge in [0.05, 0.1) is 17.1 Å². The molecular formula is C13H18Cl2N2O3. The van der Waals surface area contributed by atoms with Crippen LogP contribution < -0.4 is 5.32 Å². The SMILES string of the molecule is CN(CCC(=O)O)CCC(=O)Nc1ccccc1Cl.Cl. The lowest BCUT2D eigenvalue weighted by Gasteiger charge is -2.15. The molecule has 1 amide bonds. The zero-order valence-corrected chi connectivity index (χ0v) is 12.7. The highest BCUT2D eigenvalue weighted by molar-refractivity contribution is 6.33. The van der Waals surface area contributed by atoms with Crippen LogP contribution in [0.1, 0.15) is 12.8 Å². The van der Waals surface area contributed by atoms with Crippen molar-refractivity contribution in [1.29, 1.82) is 0 Å². The topological polar surface area (TPSA) is 69.6 Å². The molecule has 0 aliphatic carbocycles. The number of nitrogens with one attached hydrogen (secondary N) is 1. The number of halogens is 2. The maximum atomic E-state index is 11.7. The molecule has 1 aromatic rings. The maximum Gasteiger partial charge on any atom is 0.304 e. The summed E-state index contributed by atoms with van der Waals surface area (Å²) in [5.41, 5.74) is 0.586. The third-order valence-corrected chi connectivity index (χ3v) is 2.91. The zero-order chi connectivity index (χ0) is 14.3. The van der Waals surface area contributed by atoms with Gasteiger partial charge in [-0.1, -0.05) is 23.7 Å². The third kappa shape index (κ3) is 7.33. The van der Waals surface area contributed by atoms with E-state index in [-0.39, 0.29) is 24.7 Å². The van der Waals surface area contributed by atoms with Crippen LogP contribution in [0.3, 0.4) is 0 Å². The van der Waals surface area contributed by atoms with E-state index in [0.29, 0.717) is 30.2 Å². The molecule has 1 aromatic carbocycles. The number of carboxylic acid groups (broad SMARTS) is 1. The van der Waals surface area contributed by atoms with E-state index in [0.717, 1.165) is 0 Å². The minimum absolute atomic E-state index is 0. The highest BCUT2D eigenvalue weighted by Gasteiger charge is 2.08. The first kappa shape index (κ1) is 18.7. The molecule has 7 heteroatoms. The molecule has 2 N–H and O–H groups in total. The summed E-state index contributed by atoms with van der Waals surface area (Å²) in [6, 6.07) is 7.02. The number of aliphatic carboxylic acids is 1. The summed E-state index contributed by atoms with van der Waals surface area (Å²) in [4.78, 5) is 23.9. The Morgan fingerprint density at radius 3 is 2.45 bits per heavy atom. The van der Waals surface area contributed by atoms with Crippen LogP contribution in [0.2, 0.25) is 5.02 Å². The summed E-state index contributed by atoms with van der Waals surface area (Å²) < 4.78 is 0. The molecule has 0 radical (unpaired) electrons. The predicted octanol–water partition coefficient (Wildman–Crippen LogP) is 2.50. The molecule has 112 valence electrons. The number of carbonyl (C=O) groups is 2. The Bertz CT molecular complexity index is 455. The molecule has 0 aliphatic rings. The average Bonchev–Trinajstić information content (AvgIpc) is 2.36. The van der Waals surface area contributed by atoms with E-state index >= 15 is 0 Å². The van der Waals surface area contributed by atoms with E-state index in [2.05, 4.69) is 5.32 Å². The van der Waals surface area contributed by atoms with Crippen molar-refractivity contribution >= 4 is 41.6 Å². The van der Waals surface area contributed by atoms with Crippen molar-refractivity contribution in [3.05, 3.63) is 29.3 Å². The first-order valence-electron chi connectivity index (χ1n) is 5.93. The molecule has 0 unspecified atom stereocenters. The van der Waals surface area contributed by atoms with Crippen molar-refractivity contribution in [1.82, 2.24) is 4.90 Å². The molecule has 0 aromatic heterocycles. The summed E-state index contributed by atoms with van der Waals surface area (Å²) >= 11 is 5.93. The van der Waals surface area contributed by atoms with E-state index in [1.807, 2.05) is 0 Å². The van der Waals surface area contributed by atoms with Gasteiger partial charge in [-0.05, 0) is 19.2 Å². The minimum Gasteiger partial charge on any atom is -0.481 e. The fourth-order valence-electron chi connectivity index (χ4n) is 1.47. The highest BCUT2D eigenvalue weighted by Crippen LogP contribution is 2.20. The number of nitrogens with zero attached hydrogens (tertiary/aromatic N) is 1. The molecule has 0 saturated carbocycles. The Labute approximate surface area is 129 Å². The quantitative estimate of drug-likeness (QED) is 0.809. The zero-order valence-electron chi connectivity index (χ0n) is 11.1. The first-order valence-corrected chi connectivity index (χ1v) is 6.31. The molecular weight excluding hydrogens is 303 g/mol. The molecule has 20 heavy (non-hydrogen) atoms. The lowest BCUT2D eigenvalue weighted by Crippen LogP contribution is -2.26. The highest BCUT2D eigenvalue weighted by atomic mass is 35.5. The van der Waals surface area contributed by atoms with Crippen molar-refractivity contribution in [3.63, 3.8) is 0 Å². The number of carboxylic acids is 1. The van der Waals surface area contributed by atoms with Crippen LogP contribution in [0.5, 0.6) is 0 Å². The predicted molar refractivity (Wildman–Crippen MR) is 81.7 cm³/mol. The van der Waals surface area contributed by atoms with Crippen LogP contribution in [0.25, 0.3) is 0 Å². The second kappa shape index (κ2) is 9.58. The van der Waals surface area contributed by atoms with Crippen LogP contribution in [0, 0.1) is 0 Å². The maximum absolute atomic E-state index is 11.7. The van der Waals surface area contributed by atoms with Crippen molar-refractivity contribution in [3.8, 4) is 0 Å². The van der Waals surface area contributed by atoms with Crippen LogP contribution in [0.15, 0.2) is 24.3 Å². The van der Waals surface area contributed by atoms with E-state index in [9.17, 15) is 9.59 Å². The average molecular weight is 321 g/mol. The molecule has 0 saturated heterocycles. The second-order valence-corrected chi connectivity index (χ2v) is 4.63. The van der Waals surface area contributed by atoms with E-state index in [4.69, 9.17) is 16.7 Å². The Kier molecular flexibility index (Phi) is 8.96. The van der Waals surface area contributed by atoms with E-state index in [1.54, 1.807) is 36.2 Å². The number of amides is 1. The first-order chi connectivity index (χ1) is 8.99. The van der Waals surface area contributed by atoms with E-state index < -0.39 is 5.97 Å². The number of hydrogen-bond donors (Lipinski definition) is 2. The van der Waals surface area contributed by atoms with Gasteiger partial charge in [0.2, 0.25) is 5.91 Å². The molecule has 0 fully saturated rings. The van der Waals surface area contributed by atoms with E-state index in [1.165, 1.54) is 0 Å². The Balaban J connectivity index is 0.00000361. The van der Waals surface area contributed by atoms with Gasteiger partial charge in [0.15, 0.2) is 0 Å². The fourth-order valence-corrected chi connectivity index (χ4v) is 1.65. The molecule has 0 aliphatic heterocycles. The number of rotatable bonds is 7. The van der Waals surface area contributed by atoms with Gasteiger partial charge < -0.3 is 15.3 Å². The molecule has 1 rings (SSSR count). The monoisotopic (exact) mass is 320 g/mol. The summed E-state index contributed by atoms with van der Waals surface area (Å²) in [6.45, 7) is 0.929. The summed E-state index contributed by atoms with van der Waals surface area (Å²) in [5.74, 6) is -0.984. The standard InChI is InChI=1S/C13H17ClN2O3.ClH/c1-16(9-7-13(18)19)8-6-12(17)15-11-5-3-2-4-10(11)14;/h2-5H,6-9H2,1H3,(H,15,17)(H,18,19);1H. The largest absolute Gasteiger partial charge is 0.481 e. The van der Waals surface area contributed by atoms with Gasteiger partial charge in [-0.25, -0.2) is 0 Å². The van der Waals surface area contributed by atoms with Gasteiger partial charge in [0.1, 0.15) is 0 Å². The molecule has 0 heterocycles. The van der Waals surface area contributed by atoms with Crippen LogP contribution >= 0.6 is 24.0 Å². The second-order valence-electron chi connectivity index (χ2n) is 4.23. The van der Waals surface area contributed by atoms with Crippen LogP contribution in [-0.4, -0.2) is 42.0 Å². The molecule has 5 nitrogen and oxygen atoms in total. The van der Waals surface area contributed by atoms with Gasteiger partial charge in [-0.2, -0.15) is 0 Å². The number of para-hydroxylation sites is 1. The van der Waals surface area contributed by atoms with Crippen molar-refractivity contribution in [2.45, 2.75) is 12.8 Å². The number of carbonyl (C=O) groups excluding carboxylic acids is 1. The van der Waals surface area contributed by atoms with Crippen LogP contribution in [-0.2, 0) is 9.59 Å². The van der Waals surface area contributed by atoms with Gasteiger partial charge in [0, 0.05) is 19.5 Å².